The fourth-order valence-corrected chi connectivity index (χ4v) is 3.29. The highest BCUT2D eigenvalue weighted by Gasteiger charge is 2.15. The molecule has 0 bridgehead atoms. The molecule has 0 unspecified atom stereocenters. The van der Waals surface area contributed by atoms with Crippen molar-refractivity contribution in [3.05, 3.63) is 50.1 Å². The Kier molecular flexibility index (Phi) is 3.64. The lowest BCUT2D eigenvalue weighted by atomic mass is 10.1. The van der Waals surface area contributed by atoms with Crippen molar-refractivity contribution in [2.75, 3.05) is 7.11 Å². The van der Waals surface area contributed by atoms with E-state index in [4.69, 9.17) is 4.74 Å². The number of thiophene rings is 1. The highest BCUT2D eigenvalue weighted by molar-refractivity contribution is 9.10. The number of rotatable bonds is 3. The molecule has 0 N–H and O–H groups in total. The zero-order chi connectivity index (χ0) is 12.4. The smallest absolute Gasteiger partial charge is 0.204 e. The van der Waals surface area contributed by atoms with Gasteiger partial charge in [0.25, 0.3) is 0 Å². The van der Waals surface area contributed by atoms with Gasteiger partial charge in [-0.25, -0.2) is 0 Å². The van der Waals surface area contributed by atoms with Gasteiger partial charge in [0, 0.05) is 14.9 Å². The van der Waals surface area contributed by atoms with Gasteiger partial charge in [-0.2, -0.15) is 0 Å². The van der Waals surface area contributed by atoms with E-state index in [9.17, 15) is 4.79 Å². The Morgan fingerprint density at radius 3 is 2.41 bits per heavy atom. The summed E-state index contributed by atoms with van der Waals surface area (Å²) in [6, 6.07) is 9.11. The first-order chi connectivity index (χ1) is 8.11. The predicted molar refractivity (Wildman–Crippen MR) is 73.2 cm³/mol. The van der Waals surface area contributed by atoms with Crippen molar-refractivity contribution in [3.8, 4) is 5.75 Å². The molecule has 0 saturated carbocycles. The molecule has 1 aromatic heterocycles. The van der Waals surface area contributed by atoms with Crippen molar-refractivity contribution in [1.29, 1.82) is 0 Å². The summed E-state index contributed by atoms with van der Waals surface area (Å²) in [5.41, 5.74) is 0.674. The highest BCUT2D eigenvalue weighted by Crippen LogP contribution is 2.29. The van der Waals surface area contributed by atoms with Crippen LogP contribution in [0.4, 0.5) is 0 Å². The molecule has 4 heteroatoms. The van der Waals surface area contributed by atoms with Gasteiger partial charge in [0.1, 0.15) is 5.75 Å². The van der Waals surface area contributed by atoms with Crippen molar-refractivity contribution < 1.29 is 9.53 Å². The monoisotopic (exact) mass is 310 g/mol. The molecule has 2 nitrogen and oxygen atoms in total. The van der Waals surface area contributed by atoms with Gasteiger partial charge in [-0.3, -0.25) is 4.79 Å². The van der Waals surface area contributed by atoms with Crippen LogP contribution in [-0.2, 0) is 0 Å². The van der Waals surface area contributed by atoms with Crippen LogP contribution in [0.3, 0.4) is 0 Å². The molecule has 0 atom stereocenters. The summed E-state index contributed by atoms with van der Waals surface area (Å²) in [4.78, 5) is 14.1. The predicted octanol–water partition coefficient (Wildman–Crippen LogP) is 4.06. The maximum atomic E-state index is 12.2. The topological polar surface area (TPSA) is 26.3 Å². The van der Waals surface area contributed by atoms with E-state index < -0.39 is 0 Å². The van der Waals surface area contributed by atoms with Gasteiger partial charge in [0.2, 0.25) is 5.78 Å². The van der Waals surface area contributed by atoms with Gasteiger partial charge in [0.05, 0.1) is 12.0 Å². The van der Waals surface area contributed by atoms with Gasteiger partial charge in [0.15, 0.2) is 0 Å². The third kappa shape index (κ3) is 2.58. The van der Waals surface area contributed by atoms with Crippen LogP contribution in [0, 0.1) is 6.92 Å². The minimum Gasteiger partial charge on any atom is -0.497 e. The van der Waals surface area contributed by atoms with Crippen LogP contribution in [0.15, 0.2) is 34.8 Å². The second-order valence-corrected chi connectivity index (χ2v) is 5.70. The van der Waals surface area contributed by atoms with Gasteiger partial charge < -0.3 is 4.74 Å². The molecule has 0 aliphatic heterocycles. The molecule has 2 rings (SSSR count). The van der Waals surface area contributed by atoms with Gasteiger partial charge >= 0.3 is 0 Å². The van der Waals surface area contributed by atoms with E-state index in [1.807, 2.05) is 13.0 Å². The summed E-state index contributed by atoms with van der Waals surface area (Å²) in [6.07, 6.45) is 0. The number of carbonyl (C=O) groups excluding carboxylic acids is 1. The molecule has 0 amide bonds. The molecule has 0 radical (unpaired) electrons. The average Bonchev–Trinajstić information content (AvgIpc) is 2.68. The third-order valence-electron chi connectivity index (χ3n) is 2.37. The summed E-state index contributed by atoms with van der Waals surface area (Å²) in [6.45, 7) is 1.99. The van der Waals surface area contributed by atoms with Crippen LogP contribution in [0.25, 0.3) is 0 Å². The lowest BCUT2D eigenvalue weighted by Crippen LogP contribution is -1.99. The maximum absolute atomic E-state index is 12.2. The van der Waals surface area contributed by atoms with E-state index in [-0.39, 0.29) is 5.78 Å². The van der Waals surface area contributed by atoms with E-state index in [1.54, 1.807) is 31.4 Å². The zero-order valence-corrected chi connectivity index (χ0v) is 11.9. The van der Waals surface area contributed by atoms with Crippen LogP contribution >= 0.6 is 27.3 Å². The van der Waals surface area contributed by atoms with Crippen molar-refractivity contribution in [2.24, 2.45) is 0 Å². The summed E-state index contributed by atoms with van der Waals surface area (Å²) in [5, 5.41) is 0. The lowest BCUT2D eigenvalue weighted by molar-refractivity contribution is 0.104. The van der Waals surface area contributed by atoms with Crippen LogP contribution in [-0.4, -0.2) is 12.9 Å². The van der Waals surface area contributed by atoms with Crippen molar-refractivity contribution >= 4 is 33.0 Å². The summed E-state index contributed by atoms with van der Waals surface area (Å²) >= 11 is 4.91. The van der Waals surface area contributed by atoms with Crippen LogP contribution in [0.1, 0.15) is 20.1 Å². The Hall–Kier alpha value is -1.13. The first-order valence-corrected chi connectivity index (χ1v) is 6.67. The quantitative estimate of drug-likeness (QED) is 0.799. The number of halogens is 1. The van der Waals surface area contributed by atoms with Crippen molar-refractivity contribution in [3.63, 3.8) is 0 Å². The van der Waals surface area contributed by atoms with Crippen LogP contribution in [0.5, 0.6) is 5.75 Å². The SMILES string of the molecule is COc1ccc(C(=O)c2sc(C)cc2Br)cc1. The minimum atomic E-state index is 0.0395. The molecule has 0 fully saturated rings. The second kappa shape index (κ2) is 5.02. The number of ether oxygens (including phenoxy) is 1. The Morgan fingerprint density at radius 1 is 1.29 bits per heavy atom. The molecule has 17 heavy (non-hydrogen) atoms. The number of hydrogen-bond donors (Lipinski definition) is 0. The van der Waals surface area contributed by atoms with Gasteiger partial charge in [-0.15, -0.1) is 11.3 Å². The van der Waals surface area contributed by atoms with Crippen molar-refractivity contribution in [1.82, 2.24) is 0 Å². The molecule has 1 heterocycles. The van der Waals surface area contributed by atoms with Gasteiger partial charge in [-0.05, 0) is 53.2 Å². The molecule has 2 aromatic rings. The molecule has 88 valence electrons. The Labute approximate surface area is 112 Å². The van der Waals surface area contributed by atoms with Gasteiger partial charge in [-0.1, -0.05) is 0 Å². The van der Waals surface area contributed by atoms with E-state index >= 15 is 0 Å². The molecule has 0 saturated heterocycles. The third-order valence-corrected chi connectivity index (χ3v) is 4.31. The molecule has 0 aliphatic carbocycles. The highest BCUT2D eigenvalue weighted by atomic mass is 79.9. The van der Waals surface area contributed by atoms with E-state index in [2.05, 4.69) is 15.9 Å². The lowest BCUT2D eigenvalue weighted by Gasteiger charge is -2.01. The second-order valence-electron chi connectivity index (χ2n) is 3.59. The van der Waals surface area contributed by atoms with Crippen molar-refractivity contribution in [2.45, 2.75) is 6.92 Å². The molecule has 0 spiro atoms. The standard InChI is InChI=1S/C13H11BrO2S/c1-8-7-11(14)13(17-8)12(15)9-3-5-10(16-2)6-4-9/h3-7H,1-2H3. The molecular formula is C13H11BrO2S. The number of methoxy groups -OCH3 is 1. The Bertz CT molecular complexity index is 543. The number of benzene rings is 1. The summed E-state index contributed by atoms with van der Waals surface area (Å²) in [5.74, 6) is 0.792. The molecular weight excluding hydrogens is 300 g/mol. The maximum Gasteiger partial charge on any atom is 0.204 e. The summed E-state index contributed by atoms with van der Waals surface area (Å²) in [7, 11) is 1.61. The average molecular weight is 311 g/mol. The number of ketones is 1. The normalized spacial score (nSPS) is 10.3. The fourth-order valence-electron chi connectivity index (χ4n) is 1.51. The van der Waals surface area contributed by atoms with Crippen LogP contribution < -0.4 is 4.74 Å². The summed E-state index contributed by atoms with van der Waals surface area (Å²) < 4.78 is 5.93. The van der Waals surface area contributed by atoms with E-state index in [0.717, 1.165) is 20.0 Å². The van der Waals surface area contributed by atoms with E-state index in [1.165, 1.54) is 11.3 Å². The number of hydrogen-bond acceptors (Lipinski definition) is 3. The van der Waals surface area contributed by atoms with Crippen LogP contribution in [0.2, 0.25) is 0 Å². The Morgan fingerprint density at radius 2 is 1.94 bits per heavy atom. The molecule has 0 aliphatic rings. The zero-order valence-electron chi connectivity index (χ0n) is 9.49. The first-order valence-electron chi connectivity index (χ1n) is 5.06. The Balaban J connectivity index is 2.33. The number of aryl methyl sites for hydroxylation is 1. The fraction of sp³-hybridized carbons (Fsp3) is 0.154. The first kappa shape index (κ1) is 12.3. The van der Waals surface area contributed by atoms with E-state index in [0.29, 0.717) is 5.56 Å². The molecule has 1 aromatic carbocycles. The number of carbonyl (C=O) groups is 1. The minimum absolute atomic E-state index is 0.0395. The largest absolute Gasteiger partial charge is 0.497 e.